The number of aliphatic hydroxyl groups is 1. The van der Waals surface area contributed by atoms with Crippen LogP contribution in [0.3, 0.4) is 0 Å². The van der Waals surface area contributed by atoms with Crippen molar-refractivity contribution in [2.75, 3.05) is 0 Å². The van der Waals surface area contributed by atoms with Crippen LogP contribution in [-0.4, -0.2) is 36.5 Å². The SMILES string of the molecule is CC1(O)CCC2C(CCC3C2CCC2(C)C(C(=O)Cn4nnc5ncc(Cl)cc54)CCC32)C1. The molecule has 7 heteroatoms. The Balaban J connectivity index is 1.20. The van der Waals surface area contributed by atoms with Gasteiger partial charge in [-0.25, -0.2) is 9.67 Å². The fourth-order valence-corrected chi connectivity index (χ4v) is 8.97. The Bertz CT molecular complexity index is 1080. The van der Waals surface area contributed by atoms with Crippen LogP contribution in [0.4, 0.5) is 0 Å². The van der Waals surface area contributed by atoms with Crippen LogP contribution in [0.5, 0.6) is 0 Å². The number of ketones is 1. The van der Waals surface area contributed by atoms with Gasteiger partial charge >= 0.3 is 0 Å². The highest BCUT2D eigenvalue weighted by molar-refractivity contribution is 6.31. The van der Waals surface area contributed by atoms with Crippen LogP contribution >= 0.6 is 11.6 Å². The first-order valence-electron chi connectivity index (χ1n) is 12.8. The second-order valence-corrected chi connectivity index (χ2v) is 12.5. The standard InChI is InChI=1S/C26H35ClN4O2/c1-25(33)9-7-17-15(12-25)3-4-19-18(17)8-10-26(2)20(19)5-6-21(26)23(32)14-31-22-11-16(27)13-28-24(22)29-30-31/h11,13,15,17-21,33H,3-10,12,14H2,1-2H3. The first kappa shape index (κ1) is 22.0. The summed E-state index contributed by atoms with van der Waals surface area (Å²) < 4.78 is 1.68. The fourth-order valence-electron chi connectivity index (χ4n) is 8.82. The largest absolute Gasteiger partial charge is 0.390 e. The highest BCUT2D eigenvalue weighted by Gasteiger charge is 2.58. The van der Waals surface area contributed by atoms with Gasteiger partial charge in [-0.05, 0) is 106 Å². The zero-order valence-electron chi connectivity index (χ0n) is 19.7. The number of nitrogens with zero attached hydrogens (tertiary/aromatic N) is 4. The minimum Gasteiger partial charge on any atom is -0.390 e. The number of pyridine rings is 1. The maximum absolute atomic E-state index is 13.6. The lowest BCUT2D eigenvalue weighted by atomic mass is 9.49. The number of aromatic nitrogens is 4. The molecule has 0 saturated heterocycles. The van der Waals surface area contributed by atoms with Gasteiger partial charge in [-0.2, -0.15) is 0 Å². The fraction of sp³-hybridized carbons (Fsp3) is 0.769. The first-order chi connectivity index (χ1) is 15.7. The lowest BCUT2D eigenvalue weighted by molar-refractivity contribution is -0.133. The zero-order chi connectivity index (χ0) is 23.0. The molecule has 2 aromatic rings. The van der Waals surface area contributed by atoms with Crippen molar-refractivity contribution in [1.29, 1.82) is 0 Å². The van der Waals surface area contributed by atoms with Crippen LogP contribution in [0.1, 0.15) is 71.6 Å². The average Bonchev–Trinajstić information content (AvgIpc) is 3.33. The first-order valence-corrected chi connectivity index (χ1v) is 13.2. The molecule has 4 aliphatic carbocycles. The summed E-state index contributed by atoms with van der Waals surface area (Å²) in [6.45, 7) is 4.68. The molecule has 6 nitrogen and oxygen atoms in total. The van der Waals surface area contributed by atoms with Gasteiger partial charge in [-0.3, -0.25) is 4.79 Å². The third-order valence-corrected chi connectivity index (χ3v) is 10.5. The molecule has 0 aromatic carbocycles. The van der Waals surface area contributed by atoms with Gasteiger partial charge in [0.05, 0.1) is 10.6 Å². The quantitative estimate of drug-likeness (QED) is 0.677. The lowest BCUT2D eigenvalue weighted by Gasteiger charge is -2.56. The summed E-state index contributed by atoms with van der Waals surface area (Å²) >= 11 is 6.12. The van der Waals surface area contributed by atoms with Crippen molar-refractivity contribution < 1.29 is 9.90 Å². The van der Waals surface area contributed by atoms with Crippen molar-refractivity contribution in [2.24, 2.45) is 40.9 Å². The Hall–Kier alpha value is -1.53. The van der Waals surface area contributed by atoms with E-state index in [1.807, 2.05) is 6.92 Å². The number of Topliss-reactive ketones (excluding diaryl/α,β-unsaturated/α-hetero) is 1. The number of fused-ring (bicyclic) bond motifs is 6. The van der Waals surface area contributed by atoms with Gasteiger partial charge in [-0.1, -0.05) is 23.7 Å². The van der Waals surface area contributed by atoms with Crippen LogP contribution in [0, 0.1) is 40.9 Å². The predicted molar refractivity (Wildman–Crippen MR) is 127 cm³/mol. The molecule has 6 rings (SSSR count). The van der Waals surface area contributed by atoms with E-state index in [-0.39, 0.29) is 23.7 Å². The van der Waals surface area contributed by atoms with Crippen molar-refractivity contribution in [2.45, 2.75) is 83.8 Å². The van der Waals surface area contributed by atoms with E-state index >= 15 is 0 Å². The van der Waals surface area contributed by atoms with Crippen molar-refractivity contribution >= 4 is 28.5 Å². The summed E-state index contributed by atoms with van der Waals surface area (Å²) in [6, 6.07) is 1.79. The molecule has 0 aliphatic heterocycles. The summed E-state index contributed by atoms with van der Waals surface area (Å²) in [5.41, 5.74) is 0.891. The van der Waals surface area contributed by atoms with E-state index < -0.39 is 5.60 Å². The molecule has 2 heterocycles. The van der Waals surface area contributed by atoms with E-state index in [4.69, 9.17) is 11.6 Å². The molecule has 0 bridgehead atoms. The van der Waals surface area contributed by atoms with Crippen molar-refractivity contribution in [3.05, 3.63) is 17.3 Å². The Morgan fingerprint density at radius 1 is 1.12 bits per heavy atom. The van der Waals surface area contributed by atoms with Gasteiger partial charge in [0.15, 0.2) is 5.78 Å². The molecule has 4 fully saturated rings. The molecule has 4 saturated carbocycles. The van der Waals surface area contributed by atoms with E-state index in [0.717, 1.165) is 49.0 Å². The van der Waals surface area contributed by atoms with Crippen LogP contribution in [-0.2, 0) is 11.3 Å². The van der Waals surface area contributed by atoms with Gasteiger partial charge in [-0.15, -0.1) is 5.10 Å². The molecule has 1 N–H and O–H groups in total. The molecule has 2 aromatic heterocycles. The van der Waals surface area contributed by atoms with Gasteiger partial charge in [0, 0.05) is 12.1 Å². The van der Waals surface area contributed by atoms with Crippen molar-refractivity contribution in [3.63, 3.8) is 0 Å². The minimum atomic E-state index is -0.465. The van der Waals surface area contributed by atoms with Crippen LogP contribution in [0.2, 0.25) is 5.02 Å². The van der Waals surface area contributed by atoms with Gasteiger partial charge < -0.3 is 5.11 Å². The van der Waals surface area contributed by atoms with Crippen molar-refractivity contribution in [1.82, 2.24) is 20.0 Å². The Morgan fingerprint density at radius 2 is 1.94 bits per heavy atom. The lowest BCUT2D eigenvalue weighted by Crippen LogP contribution is -2.51. The third-order valence-electron chi connectivity index (χ3n) is 10.3. The summed E-state index contributed by atoms with van der Waals surface area (Å²) in [7, 11) is 0. The molecule has 0 amide bonds. The second kappa shape index (κ2) is 7.74. The summed E-state index contributed by atoms with van der Waals surface area (Å²) in [5, 5.41) is 19.5. The minimum absolute atomic E-state index is 0.0948. The summed E-state index contributed by atoms with van der Waals surface area (Å²) in [5.74, 6) is 4.05. The maximum atomic E-state index is 13.6. The van der Waals surface area contributed by atoms with E-state index in [1.54, 1.807) is 16.9 Å². The summed E-state index contributed by atoms with van der Waals surface area (Å²) in [6.07, 6.45) is 11.8. The normalized spacial score (nSPS) is 42.5. The number of carbonyl (C=O) groups excluding carboxylic acids is 1. The molecular weight excluding hydrogens is 436 g/mol. The van der Waals surface area contributed by atoms with Crippen LogP contribution in [0.25, 0.3) is 11.2 Å². The van der Waals surface area contributed by atoms with Gasteiger partial charge in [0.1, 0.15) is 12.1 Å². The number of hydrogen-bond donors (Lipinski definition) is 1. The van der Waals surface area contributed by atoms with Crippen molar-refractivity contribution in [3.8, 4) is 0 Å². The number of halogens is 1. The smallest absolute Gasteiger partial charge is 0.201 e. The van der Waals surface area contributed by atoms with E-state index in [2.05, 4.69) is 22.2 Å². The molecular formula is C26H35ClN4O2. The van der Waals surface area contributed by atoms with Crippen LogP contribution < -0.4 is 0 Å². The Kier molecular flexibility index (Phi) is 5.15. The molecule has 8 unspecified atom stereocenters. The van der Waals surface area contributed by atoms with E-state index in [0.29, 0.717) is 22.5 Å². The highest BCUT2D eigenvalue weighted by Crippen LogP contribution is 2.64. The maximum Gasteiger partial charge on any atom is 0.201 e. The highest BCUT2D eigenvalue weighted by atomic mass is 35.5. The Morgan fingerprint density at radius 3 is 2.79 bits per heavy atom. The molecule has 178 valence electrons. The second-order valence-electron chi connectivity index (χ2n) is 12.1. The monoisotopic (exact) mass is 470 g/mol. The summed E-state index contributed by atoms with van der Waals surface area (Å²) in [4.78, 5) is 17.8. The van der Waals surface area contributed by atoms with E-state index in [9.17, 15) is 9.90 Å². The average molecular weight is 471 g/mol. The third kappa shape index (κ3) is 3.54. The Labute approximate surface area is 200 Å². The molecule has 4 aliphatic rings. The molecule has 33 heavy (non-hydrogen) atoms. The predicted octanol–water partition coefficient (Wildman–Crippen LogP) is 5.07. The number of carbonyl (C=O) groups is 1. The topological polar surface area (TPSA) is 80.9 Å². The molecule has 0 radical (unpaired) electrons. The van der Waals surface area contributed by atoms with Gasteiger partial charge in [0.2, 0.25) is 5.65 Å². The molecule has 8 atom stereocenters. The van der Waals surface area contributed by atoms with Gasteiger partial charge in [0.25, 0.3) is 0 Å². The van der Waals surface area contributed by atoms with E-state index in [1.165, 1.54) is 32.1 Å². The van der Waals surface area contributed by atoms with Crippen LogP contribution in [0.15, 0.2) is 12.3 Å². The zero-order valence-corrected chi connectivity index (χ0v) is 20.5. The number of hydrogen-bond acceptors (Lipinski definition) is 5. The number of rotatable bonds is 3. The molecule has 0 spiro atoms.